The van der Waals surface area contributed by atoms with Gasteiger partial charge in [0.05, 0.1) is 5.75 Å². The van der Waals surface area contributed by atoms with Crippen molar-refractivity contribution < 1.29 is 14.0 Å². The van der Waals surface area contributed by atoms with Gasteiger partial charge < -0.3 is 4.90 Å². The number of nitrogens with zero attached hydrogens (tertiary/aromatic N) is 3. The molecule has 1 unspecified atom stereocenters. The van der Waals surface area contributed by atoms with Gasteiger partial charge in [-0.05, 0) is 54.8 Å². The summed E-state index contributed by atoms with van der Waals surface area (Å²) in [6.07, 6.45) is 0.378. The van der Waals surface area contributed by atoms with Crippen LogP contribution in [0, 0.1) is 19.7 Å². The molecule has 1 N–H and O–H groups in total. The Kier molecular flexibility index (Phi) is 6.86. The molecule has 2 aromatic carbocycles. The summed E-state index contributed by atoms with van der Waals surface area (Å²) in [6.45, 7) is 4.64. The van der Waals surface area contributed by atoms with Crippen molar-refractivity contribution in [2.75, 3.05) is 22.5 Å². The van der Waals surface area contributed by atoms with E-state index in [1.165, 1.54) is 40.8 Å². The molecule has 1 aliphatic heterocycles. The lowest BCUT2D eigenvalue weighted by molar-refractivity contribution is -0.117. The van der Waals surface area contributed by atoms with Crippen LogP contribution in [0.3, 0.4) is 0 Å². The minimum absolute atomic E-state index is 0.0416. The molecule has 2 heterocycles. The number of hydrogen-bond acceptors (Lipinski definition) is 6. The zero-order chi connectivity index (χ0) is 22.7. The number of aryl methyl sites for hydroxylation is 2. The fourth-order valence-electron chi connectivity index (χ4n) is 3.46. The van der Waals surface area contributed by atoms with Crippen LogP contribution >= 0.6 is 23.1 Å². The summed E-state index contributed by atoms with van der Waals surface area (Å²) in [6, 6.07) is 12.3. The summed E-state index contributed by atoms with van der Waals surface area (Å²) in [5.41, 5.74) is 4.20. The standard InChI is InChI=1S/C23H23FN4O2S2/c1-14-3-8-19(9-15(14)2)28-11-17(10-21(28)30)22-26-27-23(32-22)25-20(29)13-31-12-16-4-6-18(24)7-5-16/h3-9,17H,10-13H2,1-2H3,(H,25,27,29). The maximum Gasteiger partial charge on any atom is 0.236 e. The van der Waals surface area contributed by atoms with Crippen LogP contribution in [0.25, 0.3) is 0 Å². The molecule has 1 aliphatic rings. The lowest BCUT2D eigenvalue weighted by atomic mass is 10.1. The van der Waals surface area contributed by atoms with Gasteiger partial charge in [0.1, 0.15) is 10.8 Å². The van der Waals surface area contributed by atoms with E-state index in [1.807, 2.05) is 32.0 Å². The lowest BCUT2D eigenvalue weighted by Crippen LogP contribution is -2.24. The van der Waals surface area contributed by atoms with E-state index in [1.54, 1.807) is 17.0 Å². The Morgan fingerprint density at radius 3 is 2.72 bits per heavy atom. The minimum atomic E-state index is -0.273. The van der Waals surface area contributed by atoms with Crippen LogP contribution in [-0.2, 0) is 15.3 Å². The van der Waals surface area contributed by atoms with E-state index >= 15 is 0 Å². The monoisotopic (exact) mass is 470 g/mol. The van der Waals surface area contributed by atoms with Gasteiger partial charge in [0.15, 0.2) is 0 Å². The van der Waals surface area contributed by atoms with Crippen LogP contribution in [0.1, 0.15) is 34.0 Å². The van der Waals surface area contributed by atoms with E-state index in [4.69, 9.17) is 0 Å². The predicted octanol–water partition coefficient (Wildman–Crippen LogP) is 4.69. The second kappa shape index (κ2) is 9.79. The topological polar surface area (TPSA) is 75.2 Å². The number of carbonyl (C=O) groups is 2. The molecule has 0 bridgehead atoms. The van der Waals surface area contributed by atoms with E-state index in [2.05, 4.69) is 15.5 Å². The van der Waals surface area contributed by atoms with Gasteiger partial charge in [-0.1, -0.05) is 29.5 Å². The summed E-state index contributed by atoms with van der Waals surface area (Å²) in [4.78, 5) is 26.6. The molecule has 2 amide bonds. The summed E-state index contributed by atoms with van der Waals surface area (Å²) in [5, 5.41) is 12.3. The van der Waals surface area contributed by atoms with Crippen LogP contribution in [0.2, 0.25) is 0 Å². The van der Waals surface area contributed by atoms with Crippen LogP contribution in [0.15, 0.2) is 42.5 Å². The van der Waals surface area contributed by atoms with Crippen LogP contribution in [-0.4, -0.2) is 34.3 Å². The quantitative estimate of drug-likeness (QED) is 0.542. The van der Waals surface area contributed by atoms with Gasteiger partial charge in [-0.2, -0.15) is 0 Å². The molecule has 0 spiro atoms. The average Bonchev–Trinajstić information content (AvgIpc) is 3.38. The molecule has 0 aliphatic carbocycles. The number of thioether (sulfide) groups is 1. The molecule has 4 rings (SSSR count). The molecule has 1 saturated heterocycles. The highest BCUT2D eigenvalue weighted by molar-refractivity contribution is 7.99. The van der Waals surface area contributed by atoms with Crippen LogP contribution in [0.4, 0.5) is 15.2 Å². The van der Waals surface area contributed by atoms with Crippen molar-refractivity contribution in [1.82, 2.24) is 10.2 Å². The first-order valence-electron chi connectivity index (χ1n) is 10.2. The summed E-state index contributed by atoms with van der Waals surface area (Å²) in [5.74, 6) is 0.461. The largest absolute Gasteiger partial charge is 0.312 e. The number of hydrogen-bond donors (Lipinski definition) is 1. The number of anilines is 2. The van der Waals surface area contributed by atoms with Crippen molar-refractivity contribution in [3.8, 4) is 0 Å². The number of rotatable bonds is 7. The van der Waals surface area contributed by atoms with E-state index in [9.17, 15) is 14.0 Å². The second-order valence-electron chi connectivity index (χ2n) is 7.79. The normalized spacial score (nSPS) is 15.9. The van der Waals surface area contributed by atoms with Crippen molar-refractivity contribution in [2.24, 2.45) is 0 Å². The van der Waals surface area contributed by atoms with E-state index in [0.29, 0.717) is 23.8 Å². The van der Waals surface area contributed by atoms with Gasteiger partial charge in [-0.3, -0.25) is 14.9 Å². The maximum atomic E-state index is 12.9. The van der Waals surface area contributed by atoms with Gasteiger partial charge in [0.25, 0.3) is 0 Å². The third-order valence-electron chi connectivity index (χ3n) is 5.38. The maximum absolute atomic E-state index is 12.9. The second-order valence-corrected chi connectivity index (χ2v) is 9.78. The summed E-state index contributed by atoms with van der Waals surface area (Å²) in [7, 11) is 0. The third-order valence-corrected chi connectivity index (χ3v) is 7.38. The Hall–Kier alpha value is -2.78. The molecule has 0 saturated carbocycles. The fourth-order valence-corrected chi connectivity index (χ4v) is 5.10. The van der Waals surface area contributed by atoms with Crippen LogP contribution in [0.5, 0.6) is 0 Å². The van der Waals surface area contributed by atoms with Crippen molar-refractivity contribution in [3.05, 3.63) is 70.0 Å². The number of halogens is 1. The number of nitrogens with one attached hydrogen (secondary N) is 1. The smallest absolute Gasteiger partial charge is 0.236 e. The van der Waals surface area contributed by atoms with Gasteiger partial charge in [-0.25, -0.2) is 4.39 Å². The first-order valence-corrected chi connectivity index (χ1v) is 12.2. The Morgan fingerprint density at radius 2 is 1.97 bits per heavy atom. The molecule has 0 radical (unpaired) electrons. The number of amides is 2. The number of aromatic nitrogens is 2. The molecule has 32 heavy (non-hydrogen) atoms. The first-order chi connectivity index (χ1) is 15.4. The van der Waals surface area contributed by atoms with Crippen molar-refractivity contribution in [1.29, 1.82) is 0 Å². The van der Waals surface area contributed by atoms with Crippen molar-refractivity contribution in [2.45, 2.75) is 31.9 Å². The molecule has 3 aromatic rings. The molecule has 9 heteroatoms. The SMILES string of the molecule is Cc1ccc(N2CC(c3nnc(NC(=O)CSCc4ccc(F)cc4)s3)CC2=O)cc1C. The average molecular weight is 471 g/mol. The number of benzene rings is 2. The van der Waals surface area contributed by atoms with Crippen LogP contribution < -0.4 is 10.2 Å². The molecule has 1 aromatic heterocycles. The molecule has 1 fully saturated rings. The lowest BCUT2D eigenvalue weighted by Gasteiger charge is -2.17. The molecule has 6 nitrogen and oxygen atoms in total. The molecule has 166 valence electrons. The van der Waals surface area contributed by atoms with Gasteiger partial charge in [0.2, 0.25) is 16.9 Å². The fraction of sp³-hybridized carbons (Fsp3) is 0.304. The highest BCUT2D eigenvalue weighted by Crippen LogP contribution is 2.34. The Labute approximate surface area is 194 Å². The number of carbonyl (C=O) groups excluding carboxylic acids is 2. The Morgan fingerprint density at radius 1 is 1.19 bits per heavy atom. The van der Waals surface area contributed by atoms with Gasteiger partial charge in [-0.15, -0.1) is 22.0 Å². The highest BCUT2D eigenvalue weighted by Gasteiger charge is 2.34. The third kappa shape index (κ3) is 5.34. The Balaban J connectivity index is 1.30. The van der Waals surface area contributed by atoms with E-state index in [0.717, 1.165) is 21.8 Å². The van der Waals surface area contributed by atoms with Gasteiger partial charge in [0, 0.05) is 30.3 Å². The van der Waals surface area contributed by atoms with Gasteiger partial charge >= 0.3 is 0 Å². The Bertz CT molecular complexity index is 1130. The molecular weight excluding hydrogens is 447 g/mol. The van der Waals surface area contributed by atoms with E-state index < -0.39 is 0 Å². The molecule has 1 atom stereocenters. The van der Waals surface area contributed by atoms with Crippen molar-refractivity contribution in [3.63, 3.8) is 0 Å². The van der Waals surface area contributed by atoms with Crippen molar-refractivity contribution >= 4 is 45.7 Å². The summed E-state index contributed by atoms with van der Waals surface area (Å²) < 4.78 is 12.9. The summed E-state index contributed by atoms with van der Waals surface area (Å²) >= 11 is 2.75. The zero-order valence-corrected chi connectivity index (χ0v) is 19.4. The van der Waals surface area contributed by atoms with E-state index in [-0.39, 0.29) is 29.3 Å². The first kappa shape index (κ1) is 22.4. The minimum Gasteiger partial charge on any atom is -0.312 e. The highest BCUT2D eigenvalue weighted by atomic mass is 32.2. The zero-order valence-electron chi connectivity index (χ0n) is 17.8. The molecular formula is C23H23FN4O2S2. The predicted molar refractivity (Wildman–Crippen MR) is 127 cm³/mol.